The molecule has 104 valence electrons. The van der Waals surface area contributed by atoms with Gasteiger partial charge in [-0.15, -0.1) is 0 Å². The van der Waals surface area contributed by atoms with Crippen molar-refractivity contribution in [2.24, 2.45) is 5.92 Å². The molecule has 0 fully saturated rings. The minimum Gasteiger partial charge on any atom is -0.481 e. The van der Waals surface area contributed by atoms with Crippen molar-refractivity contribution in [3.05, 3.63) is 6.07 Å². The van der Waals surface area contributed by atoms with E-state index in [4.69, 9.17) is 19.5 Å². The molecule has 0 spiro atoms. The normalized spacial score (nSPS) is 13.5. The lowest BCUT2D eigenvalue weighted by molar-refractivity contribution is 0.0334. The van der Waals surface area contributed by atoms with Crippen molar-refractivity contribution in [1.82, 2.24) is 9.97 Å². The van der Waals surface area contributed by atoms with Crippen molar-refractivity contribution in [3.63, 3.8) is 0 Å². The number of ether oxygens (including phenoxy) is 3. The molecule has 0 saturated carbocycles. The van der Waals surface area contributed by atoms with Gasteiger partial charge in [0.25, 0.3) is 0 Å². The average molecular weight is 267 g/mol. The minimum absolute atomic E-state index is 0.0100. The van der Waals surface area contributed by atoms with Gasteiger partial charge in [0.2, 0.25) is 11.8 Å². The molecule has 0 aliphatic rings. The van der Waals surface area contributed by atoms with Gasteiger partial charge in [-0.05, 0) is 5.92 Å². The Labute approximate surface area is 111 Å². The number of aliphatic hydroxyl groups is 1. The molecule has 1 aromatic heterocycles. The van der Waals surface area contributed by atoms with Crippen LogP contribution >= 0.6 is 0 Å². The molecule has 1 aromatic rings. The summed E-state index contributed by atoms with van der Waals surface area (Å²) < 4.78 is 15.4. The van der Waals surface area contributed by atoms with E-state index < -0.39 is 12.2 Å². The number of nitrogens with zero attached hydrogens (tertiary/aromatic N) is 3. The molecule has 1 heterocycles. The van der Waals surface area contributed by atoms with Crippen LogP contribution in [-0.2, 0) is 0 Å². The Kier molecular flexibility index (Phi) is 5.33. The largest absolute Gasteiger partial charge is 0.481 e. The van der Waals surface area contributed by atoms with Gasteiger partial charge >= 0.3 is 6.01 Å². The Morgan fingerprint density at radius 1 is 1.21 bits per heavy atom. The molecule has 0 aliphatic carbocycles. The monoisotopic (exact) mass is 267 g/mol. The van der Waals surface area contributed by atoms with Gasteiger partial charge in [0.1, 0.15) is 6.10 Å². The topological polar surface area (TPSA) is 97.5 Å². The number of aromatic nitrogens is 2. The van der Waals surface area contributed by atoms with E-state index >= 15 is 0 Å². The third kappa shape index (κ3) is 3.96. The molecule has 2 atom stereocenters. The second-order valence-corrected chi connectivity index (χ2v) is 4.14. The van der Waals surface area contributed by atoms with Crippen LogP contribution in [-0.4, -0.2) is 41.5 Å². The molecule has 7 heteroatoms. The van der Waals surface area contributed by atoms with E-state index in [-0.39, 0.29) is 23.7 Å². The van der Waals surface area contributed by atoms with Crippen molar-refractivity contribution in [2.45, 2.75) is 26.1 Å². The Balaban J connectivity index is 2.99. The number of nitriles is 1. The van der Waals surface area contributed by atoms with Crippen LogP contribution < -0.4 is 14.2 Å². The first-order chi connectivity index (χ1) is 9.01. The molecule has 0 saturated heterocycles. The highest BCUT2D eigenvalue weighted by Crippen LogP contribution is 2.21. The SMILES string of the molecule is COc1cc(OC)nc(OC(C(C)C)C(O)C#N)n1. The Bertz CT molecular complexity index is 437. The first kappa shape index (κ1) is 15.0. The second kappa shape index (κ2) is 6.75. The third-order valence-electron chi connectivity index (χ3n) is 2.42. The molecular weight excluding hydrogens is 250 g/mol. The first-order valence-corrected chi connectivity index (χ1v) is 5.73. The molecular formula is C12H17N3O4. The van der Waals surface area contributed by atoms with Crippen LogP contribution in [0.15, 0.2) is 6.07 Å². The van der Waals surface area contributed by atoms with Crippen LogP contribution in [0.1, 0.15) is 13.8 Å². The number of hydrogen-bond acceptors (Lipinski definition) is 7. The number of aliphatic hydroxyl groups excluding tert-OH is 1. The molecule has 1 N–H and O–H groups in total. The smallest absolute Gasteiger partial charge is 0.323 e. The summed E-state index contributed by atoms with van der Waals surface area (Å²) in [5, 5.41) is 18.4. The van der Waals surface area contributed by atoms with Gasteiger partial charge in [-0.2, -0.15) is 15.2 Å². The number of hydrogen-bond donors (Lipinski definition) is 1. The summed E-state index contributed by atoms with van der Waals surface area (Å²) in [5.41, 5.74) is 0. The maximum atomic E-state index is 9.60. The van der Waals surface area contributed by atoms with Crippen molar-refractivity contribution in [3.8, 4) is 23.8 Å². The van der Waals surface area contributed by atoms with Crippen LogP contribution in [0.3, 0.4) is 0 Å². The maximum absolute atomic E-state index is 9.60. The van der Waals surface area contributed by atoms with Gasteiger partial charge in [-0.25, -0.2) is 0 Å². The van der Waals surface area contributed by atoms with Gasteiger partial charge in [0.05, 0.1) is 26.4 Å². The van der Waals surface area contributed by atoms with Crippen LogP contribution in [0.2, 0.25) is 0 Å². The van der Waals surface area contributed by atoms with Crippen LogP contribution in [0.5, 0.6) is 17.8 Å². The summed E-state index contributed by atoms with van der Waals surface area (Å²) in [6, 6.07) is 3.22. The minimum atomic E-state index is -1.26. The Morgan fingerprint density at radius 3 is 2.11 bits per heavy atom. The zero-order valence-electron chi connectivity index (χ0n) is 11.3. The summed E-state index contributed by atoms with van der Waals surface area (Å²) >= 11 is 0. The van der Waals surface area contributed by atoms with Gasteiger partial charge in [-0.1, -0.05) is 13.8 Å². The van der Waals surface area contributed by atoms with E-state index in [1.54, 1.807) is 6.07 Å². The van der Waals surface area contributed by atoms with Crippen molar-refractivity contribution in [1.29, 1.82) is 5.26 Å². The maximum Gasteiger partial charge on any atom is 0.323 e. The lowest BCUT2D eigenvalue weighted by Crippen LogP contribution is -2.35. The molecule has 19 heavy (non-hydrogen) atoms. The van der Waals surface area contributed by atoms with Crippen LogP contribution in [0.4, 0.5) is 0 Å². The molecule has 0 aromatic carbocycles. The third-order valence-corrected chi connectivity index (χ3v) is 2.42. The fraction of sp³-hybridized carbons (Fsp3) is 0.583. The van der Waals surface area contributed by atoms with Gasteiger partial charge in [0, 0.05) is 0 Å². The predicted octanol–water partition coefficient (Wildman–Crippen LogP) is 0.782. The fourth-order valence-corrected chi connectivity index (χ4v) is 1.41. The lowest BCUT2D eigenvalue weighted by Gasteiger charge is -2.22. The Hall–Kier alpha value is -2.07. The summed E-state index contributed by atoms with van der Waals surface area (Å²) in [6.45, 7) is 3.64. The molecule has 0 radical (unpaired) electrons. The van der Waals surface area contributed by atoms with Crippen LogP contribution in [0.25, 0.3) is 0 Å². The highest BCUT2D eigenvalue weighted by molar-refractivity contribution is 5.23. The summed E-state index contributed by atoms with van der Waals surface area (Å²) in [7, 11) is 2.91. The van der Waals surface area contributed by atoms with E-state index in [0.717, 1.165) is 0 Å². The standard InChI is InChI=1S/C12H17N3O4/c1-7(2)11(8(16)6-13)19-12-14-9(17-3)5-10(15-12)18-4/h5,7-8,11,16H,1-4H3. The van der Waals surface area contributed by atoms with E-state index in [0.29, 0.717) is 0 Å². The first-order valence-electron chi connectivity index (χ1n) is 5.73. The molecule has 0 amide bonds. The summed E-state index contributed by atoms with van der Waals surface area (Å²) in [4.78, 5) is 7.97. The van der Waals surface area contributed by atoms with Gasteiger partial charge < -0.3 is 19.3 Å². The molecule has 7 nitrogen and oxygen atoms in total. The van der Waals surface area contributed by atoms with Crippen molar-refractivity contribution in [2.75, 3.05) is 14.2 Å². The zero-order valence-corrected chi connectivity index (χ0v) is 11.3. The van der Waals surface area contributed by atoms with Gasteiger partial charge in [0.15, 0.2) is 6.10 Å². The lowest BCUT2D eigenvalue weighted by atomic mass is 10.0. The van der Waals surface area contributed by atoms with Crippen molar-refractivity contribution < 1.29 is 19.3 Å². The van der Waals surface area contributed by atoms with Crippen LogP contribution in [0, 0.1) is 17.2 Å². The second-order valence-electron chi connectivity index (χ2n) is 4.14. The average Bonchev–Trinajstić information content (AvgIpc) is 2.43. The molecule has 2 unspecified atom stereocenters. The predicted molar refractivity (Wildman–Crippen MR) is 66.0 cm³/mol. The Morgan fingerprint density at radius 2 is 1.74 bits per heavy atom. The van der Waals surface area contributed by atoms with E-state index in [1.165, 1.54) is 20.3 Å². The van der Waals surface area contributed by atoms with E-state index in [2.05, 4.69) is 9.97 Å². The molecule has 0 bridgehead atoms. The highest BCUT2D eigenvalue weighted by Gasteiger charge is 2.26. The fourth-order valence-electron chi connectivity index (χ4n) is 1.41. The number of methoxy groups -OCH3 is 2. The molecule has 0 aliphatic heterocycles. The van der Waals surface area contributed by atoms with Crippen molar-refractivity contribution >= 4 is 0 Å². The number of rotatable bonds is 6. The summed E-state index contributed by atoms with van der Waals surface area (Å²) in [5.74, 6) is 0.460. The van der Waals surface area contributed by atoms with Gasteiger partial charge in [-0.3, -0.25) is 0 Å². The van der Waals surface area contributed by atoms with E-state index in [9.17, 15) is 5.11 Å². The quantitative estimate of drug-likeness (QED) is 0.760. The van der Waals surface area contributed by atoms with E-state index in [1.807, 2.05) is 13.8 Å². The zero-order chi connectivity index (χ0) is 14.4. The molecule has 1 rings (SSSR count). The summed E-state index contributed by atoms with van der Waals surface area (Å²) in [6.07, 6.45) is -2.00. The highest BCUT2D eigenvalue weighted by atomic mass is 16.5.